The first kappa shape index (κ1) is 14.2. The first-order chi connectivity index (χ1) is 8.00. The predicted molar refractivity (Wildman–Crippen MR) is 51.2 cm³/mol. The molecule has 0 atom stereocenters. The zero-order chi connectivity index (χ0) is 14.1. The summed E-state index contributed by atoms with van der Waals surface area (Å²) in [5.74, 6) is -1.13. The molecule has 0 amide bonds. The number of non-ortho nitro benzene ring substituents is 1. The highest BCUT2D eigenvalue weighted by Gasteiger charge is 2.34. The van der Waals surface area contributed by atoms with Gasteiger partial charge >= 0.3 is 6.36 Å². The number of ether oxygens (including phenoxy) is 1. The van der Waals surface area contributed by atoms with E-state index in [1.165, 1.54) is 0 Å². The van der Waals surface area contributed by atoms with Crippen LogP contribution in [0, 0.1) is 10.1 Å². The maximum atomic E-state index is 12.0. The maximum absolute atomic E-state index is 12.0. The molecule has 0 bridgehead atoms. The topological polar surface area (TPSA) is 113 Å². The Morgan fingerprint density at radius 2 is 1.89 bits per heavy atom. The first-order valence-corrected chi connectivity index (χ1v) is 5.62. The van der Waals surface area contributed by atoms with Gasteiger partial charge in [0.2, 0.25) is 10.0 Å². The number of halogens is 3. The fourth-order valence-corrected chi connectivity index (χ4v) is 1.72. The smallest absolute Gasteiger partial charge is 0.404 e. The van der Waals surface area contributed by atoms with Crippen LogP contribution in [0.1, 0.15) is 0 Å². The summed E-state index contributed by atoms with van der Waals surface area (Å²) in [6, 6.07) is 1.55. The van der Waals surface area contributed by atoms with Crippen molar-refractivity contribution in [3.05, 3.63) is 28.3 Å². The molecule has 0 heterocycles. The van der Waals surface area contributed by atoms with Crippen LogP contribution in [0.4, 0.5) is 18.9 Å². The van der Waals surface area contributed by atoms with E-state index in [1.54, 1.807) is 0 Å². The van der Waals surface area contributed by atoms with Crippen molar-refractivity contribution < 1.29 is 31.2 Å². The van der Waals surface area contributed by atoms with Crippen molar-refractivity contribution in [3.8, 4) is 5.75 Å². The van der Waals surface area contributed by atoms with Crippen molar-refractivity contribution in [2.24, 2.45) is 5.14 Å². The van der Waals surface area contributed by atoms with Crippen LogP contribution >= 0.6 is 0 Å². The third-order valence-electron chi connectivity index (χ3n) is 1.67. The number of rotatable bonds is 3. The van der Waals surface area contributed by atoms with Crippen molar-refractivity contribution in [2.45, 2.75) is 11.3 Å². The van der Waals surface area contributed by atoms with Crippen molar-refractivity contribution in [1.82, 2.24) is 0 Å². The van der Waals surface area contributed by atoms with Crippen LogP contribution < -0.4 is 9.88 Å². The van der Waals surface area contributed by atoms with Gasteiger partial charge in [-0.15, -0.1) is 13.2 Å². The Labute approximate surface area is 98.2 Å². The Morgan fingerprint density at radius 3 is 2.28 bits per heavy atom. The van der Waals surface area contributed by atoms with Crippen molar-refractivity contribution in [1.29, 1.82) is 0 Å². The number of nitro groups is 1. The summed E-state index contributed by atoms with van der Waals surface area (Å²) < 4.78 is 61.4. The van der Waals surface area contributed by atoms with Crippen LogP contribution in [0.2, 0.25) is 0 Å². The molecular formula is C7H5F3N2O5S. The third-order valence-corrected chi connectivity index (χ3v) is 2.60. The molecular weight excluding hydrogens is 281 g/mol. The Morgan fingerprint density at radius 1 is 1.33 bits per heavy atom. The summed E-state index contributed by atoms with van der Waals surface area (Å²) in [7, 11) is -4.59. The molecule has 0 aliphatic rings. The number of hydrogen-bond acceptors (Lipinski definition) is 5. The van der Waals surface area contributed by atoms with Crippen LogP contribution in [0.25, 0.3) is 0 Å². The number of nitrogens with two attached hydrogens (primary N) is 1. The monoisotopic (exact) mass is 286 g/mol. The second-order valence-corrected chi connectivity index (χ2v) is 4.51. The Kier molecular flexibility index (Phi) is 3.48. The van der Waals surface area contributed by atoms with Crippen molar-refractivity contribution >= 4 is 15.7 Å². The van der Waals surface area contributed by atoms with Crippen LogP contribution in [-0.2, 0) is 10.0 Å². The second-order valence-electron chi connectivity index (χ2n) is 2.98. The lowest BCUT2D eigenvalue weighted by atomic mass is 10.3. The highest BCUT2D eigenvalue weighted by Crippen LogP contribution is 2.31. The van der Waals surface area contributed by atoms with Gasteiger partial charge in [0, 0.05) is 12.1 Å². The summed E-state index contributed by atoms with van der Waals surface area (Å²) in [5, 5.41) is 15.0. The van der Waals surface area contributed by atoms with Crippen molar-refractivity contribution in [3.63, 3.8) is 0 Å². The molecule has 7 nitrogen and oxygen atoms in total. The fourth-order valence-electron chi connectivity index (χ4n) is 1.04. The van der Waals surface area contributed by atoms with Gasteiger partial charge in [0.15, 0.2) is 0 Å². The number of sulfonamides is 1. The normalized spacial score (nSPS) is 12.2. The third kappa shape index (κ3) is 3.56. The zero-order valence-corrected chi connectivity index (χ0v) is 9.16. The Balaban J connectivity index is 3.40. The molecule has 18 heavy (non-hydrogen) atoms. The van der Waals surface area contributed by atoms with Gasteiger partial charge in [-0.2, -0.15) is 0 Å². The van der Waals surface area contributed by atoms with Gasteiger partial charge in [-0.05, 0) is 6.07 Å². The van der Waals surface area contributed by atoms with Crippen LogP contribution in [-0.4, -0.2) is 19.7 Å². The van der Waals surface area contributed by atoms with Gasteiger partial charge in [-0.1, -0.05) is 0 Å². The van der Waals surface area contributed by atoms with Gasteiger partial charge in [0.25, 0.3) is 5.69 Å². The fraction of sp³-hybridized carbons (Fsp3) is 0.143. The molecule has 2 N–H and O–H groups in total. The Hall–Kier alpha value is -1.88. The first-order valence-electron chi connectivity index (χ1n) is 4.08. The van der Waals surface area contributed by atoms with Gasteiger partial charge in [-0.25, -0.2) is 13.6 Å². The van der Waals surface area contributed by atoms with Gasteiger partial charge in [-0.3, -0.25) is 10.1 Å². The average Bonchev–Trinajstić information content (AvgIpc) is 2.13. The lowest BCUT2D eigenvalue weighted by molar-refractivity contribution is -0.385. The van der Waals surface area contributed by atoms with Crippen molar-refractivity contribution in [2.75, 3.05) is 0 Å². The second kappa shape index (κ2) is 4.42. The highest BCUT2D eigenvalue weighted by atomic mass is 32.2. The van der Waals surface area contributed by atoms with E-state index in [4.69, 9.17) is 0 Å². The van der Waals surface area contributed by atoms with E-state index in [0.717, 1.165) is 0 Å². The molecule has 11 heteroatoms. The minimum Gasteiger partial charge on any atom is -0.404 e. The number of alkyl halides is 3. The SMILES string of the molecule is NS(=O)(=O)c1cc([N+](=O)[O-])ccc1OC(F)(F)F. The molecule has 0 spiro atoms. The molecule has 100 valence electrons. The molecule has 0 radical (unpaired) electrons. The molecule has 0 aromatic heterocycles. The minimum atomic E-state index is -5.14. The van der Waals surface area contributed by atoms with E-state index in [2.05, 4.69) is 9.88 Å². The summed E-state index contributed by atoms with van der Waals surface area (Å²) >= 11 is 0. The number of benzene rings is 1. The average molecular weight is 286 g/mol. The van der Waals surface area contributed by atoms with E-state index in [0.29, 0.717) is 18.2 Å². The lowest BCUT2D eigenvalue weighted by Gasteiger charge is -2.11. The molecule has 1 aromatic rings. The molecule has 0 aliphatic heterocycles. The van der Waals surface area contributed by atoms with E-state index in [-0.39, 0.29) is 0 Å². The standard InChI is InChI=1S/C7H5F3N2O5S/c8-7(9,10)17-5-2-1-4(12(13)14)3-6(5)18(11,15)16/h1-3H,(H2,11,15,16). The summed E-state index contributed by atoms with van der Waals surface area (Å²) in [4.78, 5) is 8.29. The minimum absolute atomic E-state index is 0.385. The predicted octanol–water partition coefficient (Wildman–Crippen LogP) is 1.14. The quantitative estimate of drug-likeness (QED) is 0.661. The van der Waals surface area contributed by atoms with Crippen LogP contribution in [0.5, 0.6) is 5.75 Å². The molecule has 0 fully saturated rings. The zero-order valence-electron chi connectivity index (χ0n) is 8.34. The van der Waals surface area contributed by atoms with Crippen LogP contribution in [0.15, 0.2) is 23.1 Å². The van der Waals surface area contributed by atoms with E-state index >= 15 is 0 Å². The van der Waals surface area contributed by atoms with Gasteiger partial charge < -0.3 is 4.74 Å². The van der Waals surface area contributed by atoms with Gasteiger partial charge in [0.05, 0.1) is 4.92 Å². The number of nitrogens with zero attached hydrogens (tertiary/aromatic N) is 1. The molecule has 1 rings (SSSR count). The number of primary sulfonamides is 1. The molecule has 0 aliphatic carbocycles. The largest absolute Gasteiger partial charge is 0.573 e. The molecule has 0 saturated carbocycles. The number of nitro benzene ring substituents is 1. The van der Waals surface area contributed by atoms with Gasteiger partial charge in [0.1, 0.15) is 10.6 Å². The lowest BCUT2D eigenvalue weighted by Crippen LogP contribution is -2.21. The summed E-state index contributed by atoms with van der Waals surface area (Å²) in [6.07, 6.45) is -5.14. The highest BCUT2D eigenvalue weighted by molar-refractivity contribution is 7.89. The summed E-state index contributed by atoms with van der Waals surface area (Å²) in [6.45, 7) is 0. The molecule has 1 aromatic carbocycles. The molecule has 0 unspecified atom stereocenters. The van der Waals surface area contributed by atoms with Crippen LogP contribution in [0.3, 0.4) is 0 Å². The van der Waals surface area contributed by atoms with E-state index in [9.17, 15) is 31.7 Å². The Bertz CT molecular complexity index is 583. The number of hydrogen-bond donors (Lipinski definition) is 1. The summed E-state index contributed by atoms with van der Waals surface area (Å²) in [5.41, 5.74) is -0.728. The van der Waals surface area contributed by atoms with E-state index < -0.39 is 37.6 Å². The maximum Gasteiger partial charge on any atom is 0.573 e. The molecule has 0 saturated heterocycles. The van der Waals surface area contributed by atoms with E-state index in [1.807, 2.05) is 0 Å².